The summed E-state index contributed by atoms with van der Waals surface area (Å²) in [6, 6.07) is 9.15. The fourth-order valence-electron chi connectivity index (χ4n) is 2.66. The van der Waals surface area contributed by atoms with Gasteiger partial charge in [-0.15, -0.1) is 0 Å². The summed E-state index contributed by atoms with van der Waals surface area (Å²) in [4.78, 5) is 24.3. The summed E-state index contributed by atoms with van der Waals surface area (Å²) in [7, 11) is -4.29. The van der Waals surface area contributed by atoms with Crippen LogP contribution < -0.4 is 5.32 Å². The van der Waals surface area contributed by atoms with E-state index in [1.807, 2.05) is 31.2 Å². The normalized spacial score (nSPS) is 12.4. The average Bonchev–Trinajstić information content (AvgIpc) is 2.65. The number of hydrogen-bond donors (Lipinski definition) is 1. The van der Waals surface area contributed by atoms with E-state index in [0.717, 1.165) is 23.9 Å². The molecule has 28 heavy (non-hydrogen) atoms. The first kappa shape index (κ1) is 19.4. The molecule has 0 saturated carbocycles. The lowest BCUT2D eigenvalue weighted by Gasteiger charge is -2.17. The van der Waals surface area contributed by atoms with Crippen LogP contribution in [0.15, 0.2) is 55.4 Å². The first-order valence-electron chi connectivity index (χ1n) is 8.32. The lowest BCUT2D eigenvalue weighted by molar-refractivity contribution is -0.131. The highest BCUT2D eigenvalue weighted by molar-refractivity contribution is 7.88. The average molecular weight is 398 g/mol. The topological polar surface area (TPSA) is 111 Å². The van der Waals surface area contributed by atoms with Crippen LogP contribution in [0.2, 0.25) is 0 Å². The van der Waals surface area contributed by atoms with E-state index in [9.17, 15) is 13.2 Å². The second-order valence-electron chi connectivity index (χ2n) is 5.97. The third-order valence-corrected chi connectivity index (χ3v) is 5.28. The van der Waals surface area contributed by atoms with Gasteiger partial charge >= 0.3 is 16.1 Å². The molecule has 0 spiro atoms. The zero-order valence-corrected chi connectivity index (χ0v) is 16.1. The lowest BCUT2D eigenvalue weighted by atomic mass is 10.1. The molecule has 8 nitrogen and oxygen atoms in total. The summed E-state index contributed by atoms with van der Waals surface area (Å²) in [5, 5.41) is 2.11. The van der Waals surface area contributed by atoms with E-state index in [-0.39, 0.29) is 5.82 Å². The fourth-order valence-corrected chi connectivity index (χ4v) is 3.58. The molecule has 1 N–H and O–H groups in total. The molecule has 0 aliphatic rings. The number of pyridine rings is 3. The third kappa shape index (κ3) is 3.99. The van der Waals surface area contributed by atoms with Crippen LogP contribution in [0.5, 0.6) is 0 Å². The summed E-state index contributed by atoms with van der Waals surface area (Å²) >= 11 is 0. The SMILES string of the molecule is C=CC(Nc1nc(-c2ncccc2C)cc2cccnc12)S(=O)(=O)OC(C)=O. The number of carbonyl (C=O) groups excluding carboxylic acids is 1. The van der Waals surface area contributed by atoms with E-state index in [2.05, 4.69) is 31.0 Å². The van der Waals surface area contributed by atoms with E-state index in [1.54, 1.807) is 18.5 Å². The van der Waals surface area contributed by atoms with E-state index < -0.39 is 21.5 Å². The molecule has 3 heterocycles. The van der Waals surface area contributed by atoms with Gasteiger partial charge in [-0.2, -0.15) is 8.42 Å². The van der Waals surface area contributed by atoms with Gasteiger partial charge in [0.2, 0.25) is 0 Å². The van der Waals surface area contributed by atoms with Crippen LogP contribution >= 0.6 is 0 Å². The van der Waals surface area contributed by atoms with Crippen molar-refractivity contribution in [2.45, 2.75) is 19.2 Å². The minimum atomic E-state index is -4.29. The minimum Gasteiger partial charge on any atom is -0.346 e. The molecular weight excluding hydrogens is 380 g/mol. The van der Waals surface area contributed by atoms with Gasteiger partial charge in [0, 0.05) is 24.7 Å². The highest BCUT2D eigenvalue weighted by Gasteiger charge is 2.27. The number of carbonyl (C=O) groups is 1. The largest absolute Gasteiger partial charge is 0.346 e. The van der Waals surface area contributed by atoms with Crippen molar-refractivity contribution in [3.63, 3.8) is 0 Å². The summed E-state index contributed by atoms with van der Waals surface area (Å²) in [5.41, 5.74) is 2.59. The number of anilines is 1. The van der Waals surface area contributed by atoms with Gasteiger partial charge < -0.3 is 9.50 Å². The number of nitrogens with one attached hydrogen (secondary N) is 1. The van der Waals surface area contributed by atoms with Crippen molar-refractivity contribution in [2.24, 2.45) is 0 Å². The van der Waals surface area contributed by atoms with Gasteiger partial charge in [-0.1, -0.05) is 24.8 Å². The Kier molecular flexibility index (Phi) is 5.36. The molecule has 1 atom stereocenters. The summed E-state index contributed by atoms with van der Waals surface area (Å²) in [6.45, 7) is 6.43. The molecule has 0 aliphatic heterocycles. The Bertz CT molecular complexity index is 1160. The predicted octanol–water partition coefficient (Wildman–Crippen LogP) is 2.82. The van der Waals surface area contributed by atoms with Crippen molar-refractivity contribution >= 4 is 32.8 Å². The maximum Gasteiger partial charge on any atom is 0.336 e. The number of rotatable bonds is 6. The molecule has 0 aromatic carbocycles. The van der Waals surface area contributed by atoms with Crippen molar-refractivity contribution in [3.8, 4) is 11.4 Å². The molecule has 3 aromatic rings. The zero-order chi connectivity index (χ0) is 20.3. The molecule has 3 aromatic heterocycles. The smallest absolute Gasteiger partial charge is 0.336 e. The Morgan fingerprint density at radius 2 is 1.96 bits per heavy atom. The van der Waals surface area contributed by atoms with Crippen molar-refractivity contribution in [3.05, 3.63) is 60.9 Å². The van der Waals surface area contributed by atoms with Crippen LogP contribution in [0.25, 0.3) is 22.3 Å². The summed E-state index contributed by atoms with van der Waals surface area (Å²) in [5.74, 6) is -0.735. The maximum absolute atomic E-state index is 12.3. The van der Waals surface area contributed by atoms with Crippen molar-refractivity contribution in [1.82, 2.24) is 15.0 Å². The van der Waals surface area contributed by atoms with Gasteiger partial charge in [0.05, 0.1) is 11.4 Å². The first-order valence-corrected chi connectivity index (χ1v) is 9.79. The first-order chi connectivity index (χ1) is 13.3. The minimum absolute atomic E-state index is 0.207. The maximum atomic E-state index is 12.3. The molecule has 0 fully saturated rings. The van der Waals surface area contributed by atoms with Crippen molar-refractivity contribution in [1.29, 1.82) is 0 Å². The Morgan fingerprint density at radius 3 is 2.64 bits per heavy atom. The number of nitrogens with zero attached hydrogens (tertiary/aromatic N) is 3. The van der Waals surface area contributed by atoms with E-state index in [1.165, 1.54) is 0 Å². The van der Waals surface area contributed by atoms with E-state index in [4.69, 9.17) is 0 Å². The van der Waals surface area contributed by atoms with Crippen molar-refractivity contribution in [2.75, 3.05) is 5.32 Å². The van der Waals surface area contributed by atoms with E-state index in [0.29, 0.717) is 16.9 Å². The molecule has 0 saturated heterocycles. The Morgan fingerprint density at radius 1 is 1.25 bits per heavy atom. The van der Waals surface area contributed by atoms with Gasteiger partial charge in [-0.05, 0) is 30.7 Å². The lowest BCUT2D eigenvalue weighted by Crippen LogP contribution is -2.31. The molecule has 0 amide bonds. The molecule has 144 valence electrons. The van der Waals surface area contributed by atoms with Crippen LogP contribution in [-0.4, -0.2) is 34.7 Å². The Balaban J connectivity index is 2.13. The van der Waals surface area contributed by atoms with Gasteiger partial charge in [0.15, 0.2) is 11.2 Å². The Labute approximate surface area is 162 Å². The standard InChI is InChI=1S/C19H18N4O4S/c1-4-16(28(25,26)27-13(3)24)23-19-18-14(8-6-10-21-18)11-15(22-19)17-12(2)7-5-9-20-17/h4-11,16H,1H2,2-3H3,(H,22,23). The third-order valence-electron chi connectivity index (χ3n) is 3.88. The Hall–Kier alpha value is -3.33. The highest BCUT2D eigenvalue weighted by Crippen LogP contribution is 2.28. The number of hydrogen-bond acceptors (Lipinski definition) is 8. The summed E-state index contributed by atoms with van der Waals surface area (Å²) < 4.78 is 29.0. The molecular formula is C19H18N4O4S. The molecule has 3 rings (SSSR count). The fraction of sp³-hybridized carbons (Fsp3) is 0.158. The number of aryl methyl sites for hydroxylation is 1. The van der Waals surface area contributed by atoms with Crippen LogP contribution in [0, 0.1) is 6.92 Å². The van der Waals surface area contributed by atoms with Crippen LogP contribution in [0.4, 0.5) is 5.82 Å². The predicted molar refractivity (Wildman–Crippen MR) is 106 cm³/mol. The van der Waals surface area contributed by atoms with Crippen molar-refractivity contribution < 1.29 is 17.4 Å². The van der Waals surface area contributed by atoms with Crippen LogP contribution in [0.3, 0.4) is 0 Å². The number of fused-ring (bicyclic) bond motifs is 1. The van der Waals surface area contributed by atoms with Gasteiger partial charge in [-0.3, -0.25) is 14.8 Å². The van der Waals surface area contributed by atoms with Gasteiger partial charge in [0.1, 0.15) is 5.52 Å². The molecule has 9 heteroatoms. The van der Waals surface area contributed by atoms with E-state index >= 15 is 0 Å². The zero-order valence-electron chi connectivity index (χ0n) is 15.3. The second-order valence-corrected chi connectivity index (χ2v) is 7.63. The van der Waals surface area contributed by atoms with Crippen LogP contribution in [0.1, 0.15) is 12.5 Å². The quantitative estimate of drug-likeness (QED) is 0.498. The molecule has 0 bridgehead atoms. The van der Waals surface area contributed by atoms with Crippen LogP contribution in [-0.2, 0) is 19.1 Å². The second kappa shape index (κ2) is 7.73. The molecule has 0 aliphatic carbocycles. The monoisotopic (exact) mass is 398 g/mol. The number of aromatic nitrogens is 3. The van der Waals surface area contributed by atoms with Gasteiger partial charge in [-0.25, -0.2) is 4.98 Å². The molecule has 1 unspecified atom stereocenters. The van der Waals surface area contributed by atoms with Gasteiger partial charge in [0.25, 0.3) is 0 Å². The molecule has 0 radical (unpaired) electrons. The summed E-state index contributed by atoms with van der Waals surface area (Å²) in [6.07, 6.45) is 4.35. The highest BCUT2D eigenvalue weighted by atomic mass is 32.2.